The number of hydrogen-bond donors (Lipinski definition) is 1. The number of piperidine rings is 1. The van der Waals surface area contributed by atoms with Gasteiger partial charge in [-0.2, -0.15) is 0 Å². The van der Waals surface area contributed by atoms with Crippen molar-refractivity contribution in [2.45, 2.75) is 61.9 Å². The number of ether oxygens (including phenoxy) is 2. The van der Waals surface area contributed by atoms with Gasteiger partial charge >= 0.3 is 0 Å². The molecule has 1 aromatic heterocycles. The third kappa shape index (κ3) is 5.87. The standard InChI is InChI=1S/C23H29FN4O5S2/c1-13(2)34-23(29)28-15-7-17(8-16(28)11-32-10-15)33-22-14(3)21(25-12-26-22)27-20-6-5-18(9-19(20)24)35(4,30)31/h5-6,9,12-13,15-17H,7-8,10-11H2,1-4H3,(H,25,26,27). The molecule has 2 aromatic rings. The maximum atomic E-state index is 14.5. The molecule has 4 rings (SSSR count). The fraction of sp³-hybridized carbons (Fsp3) is 0.522. The van der Waals surface area contributed by atoms with E-state index in [0.717, 1.165) is 12.3 Å². The van der Waals surface area contributed by atoms with Gasteiger partial charge in [-0.15, -0.1) is 0 Å². The van der Waals surface area contributed by atoms with Gasteiger partial charge in [0.25, 0.3) is 5.24 Å². The van der Waals surface area contributed by atoms with E-state index in [0.29, 0.717) is 43.3 Å². The van der Waals surface area contributed by atoms with Crippen LogP contribution in [-0.4, -0.2) is 71.4 Å². The molecule has 0 saturated carbocycles. The van der Waals surface area contributed by atoms with Crippen LogP contribution >= 0.6 is 11.8 Å². The fourth-order valence-corrected chi connectivity index (χ4v) is 5.77. The molecule has 0 spiro atoms. The predicted molar refractivity (Wildman–Crippen MR) is 132 cm³/mol. The Morgan fingerprint density at radius 3 is 2.54 bits per heavy atom. The van der Waals surface area contributed by atoms with Crippen LogP contribution < -0.4 is 10.1 Å². The maximum absolute atomic E-state index is 14.5. The van der Waals surface area contributed by atoms with Crippen LogP contribution in [0.2, 0.25) is 0 Å². The van der Waals surface area contributed by atoms with Crippen LogP contribution in [0.15, 0.2) is 29.4 Å². The number of sulfone groups is 1. The molecule has 2 aliphatic rings. The Kier molecular flexibility index (Phi) is 7.53. The Morgan fingerprint density at radius 2 is 1.94 bits per heavy atom. The Labute approximate surface area is 208 Å². The number of anilines is 2. The average Bonchev–Trinajstić information content (AvgIpc) is 2.76. The fourth-order valence-electron chi connectivity index (χ4n) is 4.31. The summed E-state index contributed by atoms with van der Waals surface area (Å²) in [6.45, 7) is 6.71. The zero-order valence-corrected chi connectivity index (χ0v) is 21.7. The Bertz CT molecular complexity index is 1200. The molecule has 2 aliphatic heterocycles. The normalized spacial score (nSPS) is 22.2. The summed E-state index contributed by atoms with van der Waals surface area (Å²) in [7, 11) is -3.52. The average molecular weight is 525 g/mol. The third-order valence-corrected chi connectivity index (χ3v) is 7.96. The van der Waals surface area contributed by atoms with Gasteiger partial charge in [0.15, 0.2) is 9.84 Å². The topological polar surface area (TPSA) is 111 Å². The van der Waals surface area contributed by atoms with Crippen molar-refractivity contribution in [3.63, 3.8) is 0 Å². The van der Waals surface area contributed by atoms with Crippen molar-refractivity contribution in [1.29, 1.82) is 0 Å². The summed E-state index contributed by atoms with van der Waals surface area (Å²) >= 11 is 1.33. The van der Waals surface area contributed by atoms with Crippen molar-refractivity contribution in [1.82, 2.24) is 14.9 Å². The van der Waals surface area contributed by atoms with E-state index >= 15 is 0 Å². The van der Waals surface area contributed by atoms with E-state index in [1.807, 2.05) is 18.7 Å². The lowest BCUT2D eigenvalue weighted by Gasteiger charge is -2.48. The van der Waals surface area contributed by atoms with Crippen molar-refractivity contribution in [2.75, 3.05) is 24.8 Å². The van der Waals surface area contributed by atoms with Gasteiger partial charge in [-0.1, -0.05) is 25.6 Å². The molecule has 2 bridgehead atoms. The molecule has 1 N–H and O–H groups in total. The number of amides is 1. The van der Waals surface area contributed by atoms with E-state index in [4.69, 9.17) is 9.47 Å². The largest absolute Gasteiger partial charge is 0.474 e. The lowest BCUT2D eigenvalue weighted by Crippen LogP contribution is -2.60. The van der Waals surface area contributed by atoms with Crippen LogP contribution in [0.25, 0.3) is 0 Å². The van der Waals surface area contributed by atoms with Crippen molar-refractivity contribution in [3.8, 4) is 5.88 Å². The monoisotopic (exact) mass is 524 g/mol. The van der Waals surface area contributed by atoms with Crippen LogP contribution in [0, 0.1) is 12.7 Å². The number of carbonyl (C=O) groups is 1. The van der Waals surface area contributed by atoms with E-state index in [-0.39, 0.29) is 39.3 Å². The molecule has 1 amide bonds. The maximum Gasteiger partial charge on any atom is 0.282 e. The van der Waals surface area contributed by atoms with Crippen LogP contribution in [0.4, 0.5) is 20.7 Å². The number of rotatable bonds is 6. The van der Waals surface area contributed by atoms with E-state index in [2.05, 4.69) is 15.3 Å². The molecule has 0 radical (unpaired) electrons. The van der Waals surface area contributed by atoms with Gasteiger partial charge in [0.1, 0.15) is 24.1 Å². The minimum atomic E-state index is -3.52. The quantitative estimate of drug-likeness (QED) is 0.601. The molecular weight excluding hydrogens is 495 g/mol. The molecule has 190 valence electrons. The van der Waals surface area contributed by atoms with Crippen LogP contribution in [-0.2, 0) is 14.6 Å². The van der Waals surface area contributed by atoms with Crippen LogP contribution in [0.1, 0.15) is 32.3 Å². The highest BCUT2D eigenvalue weighted by Crippen LogP contribution is 2.34. The zero-order chi connectivity index (χ0) is 25.3. The highest BCUT2D eigenvalue weighted by molar-refractivity contribution is 8.14. The number of nitrogens with zero attached hydrogens (tertiary/aromatic N) is 3. The Balaban J connectivity index is 1.48. The molecule has 9 nitrogen and oxygen atoms in total. The van der Waals surface area contributed by atoms with Gasteiger partial charge in [-0.3, -0.25) is 4.79 Å². The molecule has 35 heavy (non-hydrogen) atoms. The van der Waals surface area contributed by atoms with Crippen molar-refractivity contribution < 1.29 is 27.1 Å². The summed E-state index contributed by atoms with van der Waals surface area (Å²) in [6, 6.07) is 3.54. The van der Waals surface area contributed by atoms with E-state index < -0.39 is 15.7 Å². The van der Waals surface area contributed by atoms with Crippen molar-refractivity contribution in [2.24, 2.45) is 0 Å². The lowest BCUT2D eigenvalue weighted by atomic mass is 9.92. The number of benzene rings is 1. The third-order valence-electron chi connectivity index (χ3n) is 5.96. The first kappa shape index (κ1) is 25.6. The highest BCUT2D eigenvalue weighted by atomic mass is 32.2. The number of carbonyl (C=O) groups excluding carboxylic acids is 1. The van der Waals surface area contributed by atoms with Gasteiger partial charge < -0.3 is 19.7 Å². The minimum Gasteiger partial charge on any atom is -0.474 e. The first-order valence-electron chi connectivity index (χ1n) is 11.3. The Morgan fingerprint density at radius 1 is 1.26 bits per heavy atom. The summed E-state index contributed by atoms with van der Waals surface area (Å²) in [5, 5.41) is 3.18. The van der Waals surface area contributed by atoms with Crippen LogP contribution in [0.3, 0.4) is 0 Å². The molecule has 3 heterocycles. The molecule has 1 aromatic carbocycles. The Hall–Kier alpha value is -2.44. The smallest absolute Gasteiger partial charge is 0.282 e. The first-order valence-corrected chi connectivity index (χ1v) is 14.1. The summed E-state index contributed by atoms with van der Waals surface area (Å²) in [4.78, 5) is 23.1. The second-order valence-electron chi connectivity index (χ2n) is 9.09. The van der Waals surface area contributed by atoms with Gasteiger partial charge in [0.05, 0.1) is 41.4 Å². The summed E-state index contributed by atoms with van der Waals surface area (Å²) in [6.07, 6.45) is 3.43. The predicted octanol–water partition coefficient (Wildman–Crippen LogP) is 3.94. The van der Waals surface area contributed by atoms with E-state index in [1.54, 1.807) is 6.92 Å². The molecule has 12 heteroatoms. The number of hydrogen-bond acceptors (Lipinski definition) is 9. The lowest BCUT2D eigenvalue weighted by molar-refractivity contribution is -0.0738. The molecule has 2 saturated heterocycles. The second kappa shape index (κ2) is 10.3. The van der Waals surface area contributed by atoms with Gasteiger partial charge in [-0.25, -0.2) is 22.8 Å². The van der Waals surface area contributed by atoms with Gasteiger partial charge in [0.2, 0.25) is 5.88 Å². The van der Waals surface area contributed by atoms with Gasteiger partial charge in [0, 0.05) is 24.3 Å². The number of fused-ring (bicyclic) bond motifs is 2. The molecule has 2 fully saturated rings. The SMILES string of the molecule is Cc1c(Nc2ccc(S(C)(=O)=O)cc2F)ncnc1OC1CC2COCC(C1)N2C(=O)SC(C)C. The number of aromatic nitrogens is 2. The molecular formula is C23H29FN4O5S2. The molecule has 2 unspecified atom stereocenters. The second-order valence-corrected chi connectivity index (χ2v) is 12.6. The van der Waals surface area contributed by atoms with Crippen molar-refractivity contribution >= 4 is 38.3 Å². The van der Waals surface area contributed by atoms with E-state index in [1.165, 1.54) is 30.2 Å². The first-order chi connectivity index (χ1) is 16.5. The number of thioether (sulfide) groups is 1. The minimum absolute atomic E-state index is 0.0616. The summed E-state index contributed by atoms with van der Waals surface area (Å²) in [5.74, 6) is 0.0130. The van der Waals surface area contributed by atoms with Gasteiger partial charge in [-0.05, 0) is 25.1 Å². The van der Waals surface area contributed by atoms with Crippen molar-refractivity contribution in [3.05, 3.63) is 35.9 Å². The number of halogens is 1. The van der Waals surface area contributed by atoms with E-state index in [9.17, 15) is 17.6 Å². The summed E-state index contributed by atoms with van der Waals surface area (Å²) < 4.78 is 49.8. The molecule has 2 atom stereocenters. The highest BCUT2D eigenvalue weighted by Gasteiger charge is 2.43. The van der Waals surface area contributed by atoms with Crippen LogP contribution in [0.5, 0.6) is 5.88 Å². The molecule has 0 aliphatic carbocycles. The number of morpholine rings is 1. The zero-order valence-electron chi connectivity index (χ0n) is 20.0. The number of nitrogens with one attached hydrogen (secondary N) is 1. The summed E-state index contributed by atoms with van der Waals surface area (Å²) in [5.41, 5.74) is 0.681.